The summed E-state index contributed by atoms with van der Waals surface area (Å²) in [6.07, 6.45) is 3.38. The number of benzene rings is 1. The van der Waals surface area contributed by atoms with Gasteiger partial charge in [0.05, 0.1) is 0 Å². The maximum absolute atomic E-state index is 13.1. The molecular weight excluding hydrogens is 205 g/mol. The van der Waals surface area contributed by atoms with E-state index >= 15 is 0 Å². The summed E-state index contributed by atoms with van der Waals surface area (Å²) in [6, 6.07) is 5.00. The Hall–Kier alpha value is -1.38. The van der Waals surface area contributed by atoms with E-state index in [0.29, 0.717) is 6.42 Å². The molecular formula is C13H14FNO. The Balaban J connectivity index is 1.91. The molecule has 1 atom stereocenters. The van der Waals surface area contributed by atoms with E-state index in [-0.39, 0.29) is 17.1 Å². The zero-order valence-electron chi connectivity index (χ0n) is 9.05. The molecule has 0 bridgehead atoms. The molecule has 84 valence electrons. The Morgan fingerprint density at radius 2 is 2.00 bits per heavy atom. The van der Waals surface area contributed by atoms with Gasteiger partial charge >= 0.3 is 0 Å². The summed E-state index contributed by atoms with van der Waals surface area (Å²) in [5.74, 6) is -0.0319. The minimum atomic E-state index is -0.170. The zero-order chi connectivity index (χ0) is 11.2. The minimum absolute atomic E-state index is 0.0679. The second-order valence-electron chi connectivity index (χ2n) is 5.04. The number of nitrogens with one attached hydrogen (secondary N) is 1. The molecule has 1 spiro atoms. The Morgan fingerprint density at radius 3 is 2.81 bits per heavy atom. The SMILES string of the molecule is O=C1CC2(CCN1)Cc1ccc(F)cc1C2. The van der Waals surface area contributed by atoms with Crippen molar-refractivity contribution < 1.29 is 9.18 Å². The first-order chi connectivity index (χ1) is 7.67. The lowest BCUT2D eigenvalue weighted by molar-refractivity contribution is -0.125. The van der Waals surface area contributed by atoms with Crippen molar-refractivity contribution in [3.63, 3.8) is 0 Å². The summed E-state index contributed by atoms with van der Waals surface area (Å²) in [5.41, 5.74) is 2.38. The van der Waals surface area contributed by atoms with Crippen LogP contribution in [0.1, 0.15) is 24.0 Å². The Kier molecular flexibility index (Phi) is 2.03. The number of amides is 1. The predicted molar refractivity (Wildman–Crippen MR) is 58.5 cm³/mol. The van der Waals surface area contributed by atoms with E-state index in [0.717, 1.165) is 31.4 Å². The molecule has 2 nitrogen and oxygen atoms in total. The van der Waals surface area contributed by atoms with Crippen LogP contribution >= 0.6 is 0 Å². The summed E-state index contributed by atoms with van der Waals surface area (Å²) in [7, 11) is 0. The Morgan fingerprint density at radius 1 is 1.19 bits per heavy atom. The molecule has 1 fully saturated rings. The van der Waals surface area contributed by atoms with Crippen LogP contribution in [0.15, 0.2) is 18.2 Å². The molecule has 1 aromatic carbocycles. The monoisotopic (exact) mass is 219 g/mol. The summed E-state index contributed by atoms with van der Waals surface area (Å²) in [6.45, 7) is 0.759. The number of hydrogen-bond donors (Lipinski definition) is 1. The van der Waals surface area contributed by atoms with Crippen molar-refractivity contribution in [1.29, 1.82) is 0 Å². The predicted octanol–water partition coefficient (Wildman–Crippen LogP) is 1.82. The zero-order valence-corrected chi connectivity index (χ0v) is 9.05. The first kappa shape index (κ1) is 9.82. The van der Waals surface area contributed by atoms with Gasteiger partial charge in [-0.15, -0.1) is 0 Å². The quantitative estimate of drug-likeness (QED) is 0.708. The van der Waals surface area contributed by atoms with Crippen LogP contribution in [0.25, 0.3) is 0 Å². The molecule has 16 heavy (non-hydrogen) atoms. The molecule has 0 aromatic heterocycles. The van der Waals surface area contributed by atoms with Gasteiger partial charge in [-0.05, 0) is 47.9 Å². The van der Waals surface area contributed by atoms with Gasteiger partial charge in [-0.1, -0.05) is 6.07 Å². The third kappa shape index (κ3) is 1.51. The third-order valence-electron chi connectivity index (χ3n) is 3.81. The van der Waals surface area contributed by atoms with Crippen LogP contribution in [0.2, 0.25) is 0 Å². The van der Waals surface area contributed by atoms with Gasteiger partial charge in [-0.3, -0.25) is 4.79 Å². The average Bonchev–Trinajstić information content (AvgIpc) is 2.54. The fraction of sp³-hybridized carbons (Fsp3) is 0.462. The molecule has 1 heterocycles. The van der Waals surface area contributed by atoms with Crippen molar-refractivity contribution in [3.8, 4) is 0 Å². The van der Waals surface area contributed by atoms with Crippen LogP contribution in [0.5, 0.6) is 0 Å². The lowest BCUT2D eigenvalue weighted by atomic mass is 9.76. The molecule has 1 unspecified atom stereocenters. The smallest absolute Gasteiger partial charge is 0.220 e. The summed E-state index contributed by atoms with van der Waals surface area (Å²) in [5, 5.41) is 2.86. The molecule has 0 radical (unpaired) electrons. The second kappa shape index (κ2) is 3.30. The third-order valence-corrected chi connectivity index (χ3v) is 3.81. The largest absolute Gasteiger partial charge is 0.356 e. The second-order valence-corrected chi connectivity index (χ2v) is 5.04. The summed E-state index contributed by atoms with van der Waals surface area (Å²) >= 11 is 0. The van der Waals surface area contributed by atoms with Gasteiger partial charge in [0.25, 0.3) is 0 Å². The number of fused-ring (bicyclic) bond motifs is 1. The van der Waals surface area contributed by atoms with E-state index in [1.807, 2.05) is 6.07 Å². The standard InChI is InChI=1S/C13H14FNO/c14-11-2-1-9-6-13(7-10(9)5-11)3-4-15-12(16)8-13/h1-2,5H,3-4,6-8H2,(H,15,16). The van der Waals surface area contributed by atoms with Crippen LogP contribution in [0.3, 0.4) is 0 Å². The van der Waals surface area contributed by atoms with Gasteiger partial charge in [-0.2, -0.15) is 0 Å². The maximum atomic E-state index is 13.1. The molecule has 1 aromatic rings. The van der Waals surface area contributed by atoms with Gasteiger partial charge < -0.3 is 5.32 Å². The van der Waals surface area contributed by atoms with Gasteiger partial charge in [0.15, 0.2) is 0 Å². The highest BCUT2D eigenvalue weighted by Crippen LogP contribution is 2.43. The van der Waals surface area contributed by atoms with Crippen LogP contribution < -0.4 is 5.32 Å². The van der Waals surface area contributed by atoms with Gasteiger partial charge in [0.1, 0.15) is 5.82 Å². The van der Waals surface area contributed by atoms with Crippen LogP contribution in [0.4, 0.5) is 4.39 Å². The normalized spacial score (nSPS) is 27.9. The number of carbonyl (C=O) groups excluding carboxylic acids is 1. The molecule has 0 saturated carbocycles. The number of halogens is 1. The molecule has 1 N–H and O–H groups in total. The lowest BCUT2D eigenvalue weighted by Gasteiger charge is -2.32. The Labute approximate surface area is 93.9 Å². The first-order valence-corrected chi connectivity index (χ1v) is 5.71. The fourth-order valence-electron chi connectivity index (χ4n) is 3.06. The molecule has 2 aliphatic rings. The molecule has 1 aliphatic carbocycles. The molecule has 1 aliphatic heterocycles. The molecule has 1 amide bonds. The van der Waals surface area contributed by atoms with Crippen molar-refractivity contribution >= 4 is 5.91 Å². The van der Waals surface area contributed by atoms with Gasteiger partial charge in [0, 0.05) is 13.0 Å². The Bertz CT molecular complexity index is 457. The van der Waals surface area contributed by atoms with Gasteiger partial charge in [-0.25, -0.2) is 4.39 Å². The maximum Gasteiger partial charge on any atom is 0.220 e. The van der Waals surface area contributed by atoms with Crippen molar-refractivity contribution in [2.75, 3.05) is 6.54 Å². The minimum Gasteiger partial charge on any atom is -0.356 e. The van der Waals surface area contributed by atoms with Gasteiger partial charge in [0.2, 0.25) is 5.91 Å². The average molecular weight is 219 g/mol. The topological polar surface area (TPSA) is 29.1 Å². The highest BCUT2D eigenvalue weighted by Gasteiger charge is 2.40. The van der Waals surface area contributed by atoms with Crippen LogP contribution in [0, 0.1) is 11.2 Å². The summed E-state index contributed by atoms with van der Waals surface area (Å²) < 4.78 is 13.1. The molecule has 3 heteroatoms. The van der Waals surface area contributed by atoms with E-state index in [2.05, 4.69) is 5.32 Å². The number of piperidine rings is 1. The first-order valence-electron chi connectivity index (χ1n) is 5.71. The van der Waals surface area contributed by atoms with E-state index in [1.165, 1.54) is 11.6 Å². The van der Waals surface area contributed by atoms with Crippen LogP contribution in [-0.4, -0.2) is 12.5 Å². The van der Waals surface area contributed by atoms with Crippen LogP contribution in [-0.2, 0) is 17.6 Å². The van der Waals surface area contributed by atoms with Crippen molar-refractivity contribution in [1.82, 2.24) is 5.32 Å². The molecule has 3 rings (SSSR count). The van der Waals surface area contributed by atoms with E-state index in [4.69, 9.17) is 0 Å². The van der Waals surface area contributed by atoms with Crippen molar-refractivity contribution in [3.05, 3.63) is 35.1 Å². The lowest BCUT2D eigenvalue weighted by Crippen LogP contribution is -2.41. The fourth-order valence-corrected chi connectivity index (χ4v) is 3.06. The summed E-state index contributed by atoms with van der Waals surface area (Å²) in [4.78, 5) is 11.5. The van der Waals surface area contributed by atoms with Crippen molar-refractivity contribution in [2.24, 2.45) is 5.41 Å². The van der Waals surface area contributed by atoms with Crippen molar-refractivity contribution in [2.45, 2.75) is 25.7 Å². The highest BCUT2D eigenvalue weighted by atomic mass is 19.1. The number of carbonyl (C=O) groups is 1. The van der Waals surface area contributed by atoms with E-state index < -0.39 is 0 Å². The van der Waals surface area contributed by atoms with E-state index in [9.17, 15) is 9.18 Å². The number of rotatable bonds is 0. The molecule has 1 saturated heterocycles. The highest BCUT2D eigenvalue weighted by molar-refractivity contribution is 5.77. The van der Waals surface area contributed by atoms with E-state index in [1.54, 1.807) is 6.07 Å². The number of hydrogen-bond acceptors (Lipinski definition) is 1.